The van der Waals surface area contributed by atoms with Gasteiger partial charge in [-0.25, -0.2) is 13.4 Å². The van der Waals surface area contributed by atoms with Gasteiger partial charge in [0.1, 0.15) is 5.52 Å². The molecule has 1 fully saturated rings. The number of oxazole rings is 1. The Morgan fingerprint density at radius 2 is 1.73 bits per heavy atom. The number of hydrogen-bond donors (Lipinski definition) is 1. The molecular formula is C21H23N3O4S2. The number of aromatic nitrogens is 1. The molecule has 158 valence electrons. The summed E-state index contributed by atoms with van der Waals surface area (Å²) in [6.07, 6.45) is 3.92. The molecule has 1 N–H and O–H groups in total. The second-order valence-electron chi connectivity index (χ2n) is 7.13. The van der Waals surface area contributed by atoms with Crippen LogP contribution in [0, 0.1) is 0 Å². The third-order valence-electron chi connectivity index (χ3n) is 4.94. The molecule has 1 aliphatic rings. The number of nitrogens with zero attached hydrogens (tertiary/aromatic N) is 2. The van der Waals surface area contributed by atoms with Crippen molar-refractivity contribution in [2.75, 3.05) is 24.2 Å². The molecule has 1 amide bonds. The van der Waals surface area contributed by atoms with E-state index in [1.54, 1.807) is 28.6 Å². The van der Waals surface area contributed by atoms with Crippen LogP contribution < -0.4 is 5.32 Å². The lowest BCUT2D eigenvalue weighted by Crippen LogP contribution is -2.31. The van der Waals surface area contributed by atoms with E-state index in [9.17, 15) is 13.2 Å². The highest BCUT2D eigenvalue weighted by Gasteiger charge is 2.25. The van der Waals surface area contributed by atoms with Crippen LogP contribution in [-0.4, -0.2) is 42.5 Å². The molecule has 0 spiro atoms. The zero-order chi connectivity index (χ0) is 21.0. The maximum Gasteiger partial charge on any atom is 0.257 e. The summed E-state index contributed by atoms with van der Waals surface area (Å²) in [5, 5.41) is 3.21. The zero-order valence-corrected chi connectivity index (χ0v) is 18.0. The number of nitrogens with one attached hydrogen (secondary N) is 1. The summed E-state index contributed by atoms with van der Waals surface area (Å²) in [6, 6.07) is 13.7. The minimum atomic E-state index is -3.49. The van der Waals surface area contributed by atoms with Crippen molar-refractivity contribution in [2.45, 2.75) is 35.8 Å². The number of rotatable bonds is 6. The highest BCUT2D eigenvalue weighted by Crippen LogP contribution is 2.24. The van der Waals surface area contributed by atoms with Crippen molar-refractivity contribution in [2.24, 2.45) is 0 Å². The first kappa shape index (κ1) is 20.9. The van der Waals surface area contributed by atoms with Crippen LogP contribution in [0.4, 0.5) is 5.69 Å². The topological polar surface area (TPSA) is 92.5 Å². The van der Waals surface area contributed by atoms with E-state index in [2.05, 4.69) is 10.3 Å². The molecule has 0 aliphatic carbocycles. The molecule has 0 atom stereocenters. The molecule has 3 aromatic rings. The molecule has 1 saturated heterocycles. The summed E-state index contributed by atoms with van der Waals surface area (Å²) in [5.41, 5.74) is 1.98. The van der Waals surface area contributed by atoms with Crippen molar-refractivity contribution in [3.8, 4) is 0 Å². The van der Waals surface area contributed by atoms with Crippen molar-refractivity contribution >= 4 is 44.5 Å². The maximum absolute atomic E-state index is 12.8. The fourth-order valence-electron chi connectivity index (χ4n) is 3.38. The molecule has 1 aromatic heterocycles. The highest BCUT2D eigenvalue weighted by molar-refractivity contribution is 7.99. The third kappa shape index (κ3) is 4.85. The van der Waals surface area contributed by atoms with Crippen molar-refractivity contribution < 1.29 is 17.6 Å². The normalized spacial score (nSPS) is 15.7. The standard InChI is InChI=1S/C21H23N3O4S2/c25-20(15-29-21-23-18-7-3-4-8-19(18)28-21)22-16-9-11-17(12-10-16)30(26,27)24-13-5-1-2-6-14-24/h3-4,7-12H,1-2,5-6,13-15H2,(H,22,25). The van der Waals surface area contributed by atoms with Gasteiger partial charge in [-0.2, -0.15) is 4.31 Å². The van der Waals surface area contributed by atoms with Gasteiger partial charge in [-0.05, 0) is 49.2 Å². The number of benzene rings is 2. The van der Waals surface area contributed by atoms with Crippen LogP contribution in [0.3, 0.4) is 0 Å². The molecule has 0 saturated carbocycles. The van der Waals surface area contributed by atoms with Crippen LogP contribution in [0.25, 0.3) is 11.1 Å². The minimum absolute atomic E-state index is 0.140. The van der Waals surface area contributed by atoms with Crippen LogP contribution in [0.1, 0.15) is 25.7 Å². The second kappa shape index (κ2) is 9.20. The molecule has 2 aromatic carbocycles. The summed E-state index contributed by atoms with van der Waals surface area (Å²) in [6.45, 7) is 1.13. The molecule has 0 radical (unpaired) electrons. The minimum Gasteiger partial charge on any atom is -0.431 e. The number of para-hydroxylation sites is 2. The van der Waals surface area contributed by atoms with Gasteiger partial charge in [-0.15, -0.1) is 0 Å². The molecule has 30 heavy (non-hydrogen) atoms. The Bertz CT molecular complexity index is 1090. The summed E-state index contributed by atoms with van der Waals surface area (Å²) in [5.74, 6) is -0.0777. The highest BCUT2D eigenvalue weighted by atomic mass is 32.2. The Morgan fingerprint density at radius 3 is 2.43 bits per heavy atom. The van der Waals surface area contributed by atoms with Gasteiger partial charge in [0, 0.05) is 18.8 Å². The van der Waals surface area contributed by atoms with E-state index in [0.29, 0.717) is 29.6 Å². The third-order valence-corrected chi connectivity index (χ3v) is 7.68. The van der Waals surface area contributed by atoms with Gasteiger partial charge in [0.15, 0.2) is 5.58 Å². The first-order valence-corrected chi connectivity index (χ1v) is 12.3. The zero-order valence-electron chi connectivity index (χ0n) is 16.4. The van der Waals surface area contributed by atoms with E-state index in [1.165, 1.54) is 11.8 Å². The van der Waals surface area contributed by atoms with Gasteiger partial charge in [-0.3, -0.25) is 4.79 Å². The van der Waals surface area contributed by atoms with Gasteiger partial charge < -0.3 is 9.73 Å². The number of thioether (sulfide) groups is 1. The van der Waals surface area contributed by atoms with Gasteiger partial charge in [0.25, 0.3) is 5.22 Å². The van der Waals surface area contributed by atoms with Crippen LogP contribution in [-0.2, 0) is 14.8 Å². The Kier molecular flexibility index (Phi) is 6.40. The number of amides is 1. The van der Waals surface area contributed by atoms with Crippen molar-refractivity contribution in [3.05, 3.63) is 48.5 Å². The monoisotopic (exact) mass is 445 g/mol. The fraction of sp³-hybridized carbons (Fsp3) is 0.333. The molecule has 0 bridgehead atoms. The van der Waals surface area contributed by atoms with Gasteiger partial charge in [-0.1, -0.05) is 36.7 Å². The van der Waals surface area contributed by atoms with Crippen molar-refractivity contribution in [1.82, 2.24) is 9.29 Å². The first-order chi connectivity index (χ1) is 14.5. The number of fused-ring (bicyclic) bond motifs is 1. The largest absolute Gasteiger partial charge is 0.431 e. The van der Waals surface area contributed by atoms with Crippen LogP contribution in [0.15, 0.2) is 63.1 Å². The lowest BCUT2D eigenvalue weighted by Gasteiger charge is -2.20. The quantitative estimate of drug-likeness (QED) is 0.574. The van der Waals surface area contributed by atoms with E-state index < -0.39 is 10.0 Å². The average molecular weight is 446 g/mol. The number of anilines is 1. The molecule has 7 nitrogen and oxygen atoms in total. The van der Waals surface area contributed by atoms with Crippen LogP contribution in [0.5, 0.6) is 0 Å². The number of carbonyl (C=O) groups excluding carboxylic acids is 1. The predicted octanol–water partition coefficient (Wildman–Crippen LogP) is 4.12. The predicted molar refractivity (Wildman–Crippen MR) is 117 cm³/mol. The summed E-state index contributed by atoms with van der Waals surface area (Å²) >= 11 is 1.21. The van der Waals surface area contributed by atoms with Gasteiger partial charge in [0.05, 0.1) is 10.6 Å². The Balaban J connectivity index is 1.35. The van der Waals surface area contributed by atoms with Gasteiger partial charge >= 0.3 is 0 Å². The molecule has 1 aliphatic heterocycles. The van der Waals surface area contributed by atoms with Crippen molar-refractivity contribution in [1.29, 1.82) is 0 Å². The van der Waals surface area contributed by atoms with Crippen molar-refractivity contribution in [3.63, 3.8) is 0 Å². The van der Waals surface area contributed by atoms with E-state index in [1.807, 2.05) is 24.3 Å². The Labute approximate surface area is 179 Å². The van der Waals surface area contributed by atoms with Gasteiger partial charge in [0.2, 0.25) is 15.9 Å². The molecule has 2 heterocycles. The second-order valence-corrected chi connectivity index (χ2v) is 9.99. The molecule has 4 rings (SSSR count). The lowest BCUT2D eigenvalue weighted by molar-refractivity contribution is -0.113. The van der Waals surface area contributed by atoms with E-state index >= 15 is 0 Å². The van der Waals surface area contributed by atoms with Crippen LogP contribution >= 0.6 is 11.8 Å². The number of hydrogen-bond acceptors (Lipinski definition) is 6. The fourth-order valence-corrected chi connectivity index (χ4v) is 5.53. The Hall–Kier alpha value is -2.36. The Morgan fingerprint density at radius 1 is 1.03 bits per heavy atom. The van der Waals surface area contributed by atoms with Crippen LogP contribution in [0.2, 0.25) is 0 Å². The van der Waals surface area contributed by atoms with E-state index in [0.717, 1.165) is 31.2 Å². The summed E-state index contributed by atoms with van der Waals surface area (Å²) in [4.78, 5) is 16.8. The molecule has 0 unspecified atom stereocenters. The number of sulfonamides is 1. The SMILES string of the molecule is O=C(CSc1nc2ccccc2o1)Nc1ccc(S(=O)(=O)N2CCCCCC2)cc1. The van der Waals surface area contributed by atoms with E-state index in [4.69, 9.17) is 4.42 Å². The molecule has 9 heteroatoms. The summed E-state index contributed by atoms with van der Waals surface area (Å²) in [7, 11) is -3.49. The summed E-state index contributed by atoms with van der Waals surface area (Å²) < 4.78 is 32.8. The first-order valence-electron chi connectivity index (χ1n) is 9.91. The smallest absolute Gasteiger partial charge is 0.257 e. The maximum atomic E-state index is 12.8. The lowest BCUT2D eigenvalue weighted by atomic mass is 10.2. The van der Waals surface area contributed by atoms with E-state index in [-0.39, 0.29) is 16.6 Å². The average Bonchev–Trinajstić information content (AvgIpc) is 2.95. The number of carbonyl (C=O) groups is 1. The molecular weight excluding hydrogens is 422 g/mol.